The lowest BCUT2D eigenvalue weighted by Crippen LogP contribution is -2.26. The number of hydrogen-bond donors (Lipinski definition) is 2. The van der Waals surface area contributed by atoms with Crippen LogP contribution in [0.25, 0.3) is 0 Å². The highest BCUT2D eigenvalue weighted by atomic mass is 32.1. The van der Waals surface area contributed by atoms with Crippen LogP contribution in [0.3, 0.4) is 0 Å². The first-order valence-corrected chi connectivity index (χ1v) is 7.91. The zero-order valence-electron chi connectivity index (χ0n) is 10.3. The first-order valence-electron chi connectivity index (χ1n) is 6.22. The topological polar surface area (TPSA) is 66.9 Å². The van der Waals surface area contributed by atoms with Gasteiger partial charge in [-0.1, -0.05) is 17.4 Å². The van der Waals surface area contributed by atoms with E-state index in [1.165, 1.54) is 22.7 Å². The molecule has 1 amide bonds. The second-order valence-electron chi connectivity index (χ2n) is 4.40. The van der Waals surface area contributed by atoms with Gasteiger partial charge in [-0.2, -0.15) is 0 Å². The Labute approximate surface area is 119 Å². The van der Waals surface area contributed by atoms with Gasteiger partial charge < -0.3 is 5.32 Å². The Morgan fingerprint density at radius 1 is 1.37 bits per heavy atom. The van der Waals surface area contributed by atoms with Crippen molar-refractivity contribution in [3.63, 3.8) is 0 Å². The molecule has 0 aliphatic carbocycles. The minimum Gasteiger partial charge on any atom is -0.317 e. The van der Waals surface area contributed by atoms with Crippen molar-refractivity contribution in [2.45, 2.75) is 18.8 Å². The molecular weight excluding hydrogens is 280 g/mol. The average molecular weight is 294 g/mol. The summed E-state index contributed by atoms with van der Waals surface area (Å²) in [5, 5.41) is 17.9. The molecular formula is C12H14N4OS2. The van der Waals surface area contributed by atoms with Crippen LogP contribution in [0.15, 0.2) is 17.5 Å². The molecule has 2 aromatic heterocycles. The molecule has 0 saturated carbocycles. The molecule has 0 aromatic carbocycles. The lowest BCUT2D eigenvalue weighted by molar-refractivity contribution is 0.103. The van der Waals surface area contributed by atoms with Crippen LogP contribution in [0.2, 0.25) is 0 Å². The number of piperidine rings is 1. The maximum Gasteiger partial charge on any atom is 0.267 e. The molecule has 0 atom stereocenters. The lowest BCUT2D eigenvalue weighted by atomic mass is 9.99. The summed E-state index contributed by atoms with van der Waals surface area (Å²) in [5.41, 5.74) is 0. The third kappa shape index (κ3) is 2.99. The molecule has 7 heteroatoms. The van der Waals surface area contributed by atoms with Crippen molar-refractivity contribution in [2.24, 2.45) is 0 Å². The molecule has 0 spiro atoms. The Kier molecular flexibility index (Phi) is 3.86. The van der Waals surface area contributed by atoms with E-state index in [-0.39, 0.29) is 5.91 Å². The molecule has 1 saturated heterocycles. The van der Waals surface area contributed by atoms with Crippen molar-refractivity contribution in [1.82, 2.24) is 15.5 Å². The smallest absolute Gasteiger partial charge is 0.267 e. The number of amides is 1. The Bertz CT molecular complexity index is 546. The predicted molar refractivity (Wildman–Crippen MR) is 77.0 cm³/mol. The third-order valence-corrected chi connectivity index (χ3v) is 4.96. The fraction of sp³-hybridized carbons (Fsp3) is 0.417. The van der Waals surface area contributed by atoms with E-state index in [1.807, 2.05) is 11.4 Å². The van der Waals surface area contributed by atoms with Crippen LogP contribution >= 0.6 is 22.7 Å². The van der Waals surface area contributed by atoms with Gasteiger partial charge in [0.05, 0.1) is 4.88 Å². The summed E-state index contributed by atoms with van der Waals surface area (Å²) in [4.78, 5) is 12.6. The SMILES string of the molecule is O=C(Nc1nnc(C2CCNCC2)s1)c1cccs1. The molecule has 0 bridgehead atoms. The van der Waals surface area contributed by atoms with Crippen molar-refractivity contribution in [3.05, 3.63) is 27.4 Å². The van der Waals surface area contributed by atoms with E-state index >= 15 is 0 Å². The van der Waals surface area contributed by atoms with E-state index in [0.717, 1.165) is 30.9 Å². The monoisotopic (exact) mass is 294 g/mol. The molecule has 1 fully saturated rings. The summed E-state index contributed by atoms with van der Waals surface area (Å²) >= 11 is 2.91. The zero-order chi connectivity index (χ0) is 13.1. The number of nitrogens with one attached hydrogen (secondary N) is 2. The van der Waals surface area contributed by atoms with Gasteiger partial charge in [-0.05, 0) is 37.4 Å². The van der Waals surface area contributed by atoms with Crippen molar-refractivity contribution < 1.29 is 4.79 Å². The zero-order valence-corrected chi connectivity index (χ0v) is 11.9. The van der Waals surface area contributed by atoms with E-state index in [4.69, 9.17) is 0 Å². The maximum absolute atomic E-state index is 11.9. The highest BCUT2D eigenvalue weighted by Crippen LogP contribution is 2.29. The normalized spacial score (nSPS) is 16.4. The molecule has 3 heterocycles. The van der Waals surface area contributed by atoms with Crippen molar-refractivity contribution in [3.8, 4) is 0 Å². The Morgan fingerprint density at radius 3 is 2.95 bits per heavy atom. The second kappa shape index (κ2) is 5.77. The fourth-order valence-corrected chi connectivity index (χ4v) is 3.61. The van der Waals surface area contributed by atoms with E-state index in [0.29, 0.717) is 15.9 Å². The molecule has 0 radical (unpaired) electrons. The van der Waals surface area contributed by atoms with Crippen molar-refractivity contribution in [2.75, 3.05) is 18.4 Å². The molecule has 0 unspecified atom stereocenters. The molecule has 2 aromatic rings. The number of aromatic nitrogens is 2. The van der Waals surface area contributed by atoms with E-state index in [1.54, 1.807) is 6.07 Å². The Morgan fingerprint density at radius 2 is 2.21 bits per heavy atom. The van der Waals surface area contributed by atoms with Gasteiger partial charge in [0.2, 0.25) is 5.13 Å². The van der Waals surface area contributed by atoms with Crippen LogP contribution in [-0.2, 0) is 0 Å². The van der Waals surface area contributed by atoms with E-state index < -0.39 is 0 Å². The number of carbonyl (C=O) groups is 1. The third-order valence-electron chi connectivity index (χ3n) is 3.09. The Hall–Kier alpha value is -1.31. The first-order chi connectivity index (χ1) is 9.33. The summed E-state index contributed by atoms with van der Waals surface area (Å²) in [6.07, 6.45) is 2.18. The predicted octanol–water partition coefficient (Wildman–Crippen LogP) is 2.32. The van der Waals surface area contributed by atoms with Gasteiger partial charge in [0, 0.05) is 5.92 Å². The molecule has 1 aliphatic heterocycles. The molecule has 2 N–H and O–H groups in total. The van der Waals surface area contributed by atoms with Crippen molar-refractivity contribution in [1.29, 1.82) is 0 Å². The number of nitrogens with zero attached hydrogens (tertiary/aromatic N) is 2. The summed E-state index contributed by atoms with van der Waals surface area (Å²) in [7, 11) is 0. The first kappa shape index (κ1) is 12.7. The highest BCUT2D eigenvalue weighted by Gasteiger charge is 2.20. The van der Waals surface area contributed by atoms with Crippen LogP contribution in [0.1, 0.15) is 33.4 Å². The van der Waals surface area contributed by atoms with Gasteiger partial charge in [0.15, 0.2) is 0 Å². The van der Waals surface area contributed by atoms with Gasteiger partial charge in [-0.25, -0.2) is 0 Å². The quantitative estimate of drug-likeness (QED) is 0.911. The van der Waals surface area contributed by atoms with Crippen LogP contribution in [0, 0.1) is 0 Å². The number of carbonyl (C=O) groups excluding carboxylic acids is 1. The lowest BCUT2D eigenvalue weighted by Gasteiger charge is -2.19. The van der Waals surface area contributed by atoms with Gasteiger partial charge in [-0.3, -0.25) is 10.1 Å². The fourth-order valence-electron chi connectivity index (χ4n) is 2.09. The van der Waals surface area contributed by atoms with Crippen LogP contribution in [0.5, 0.6) is 0 Å². The average Bonchev–Trinajstić information content (AvgIpc) is 3.11. The molecule has 100 valence electrons. The second-order valence-corrected chi connectivity index (χ2v) is 6.36. The summed E-state index contributed by atoms with van der Waals surface area (Å²) < 4.78 is 0. The molecule has 3 rings (SSSR count). The summed E-state index contributed by atoms with van der Waals surface area (Å²) in [5.74, 6) is 0.370. The highest BCUT2D eigenvalue weighted by molar-refractivity contribution is 7.15. The van der Waals surface area contributed by atoms with Crippen LogP contribution in [-0.4, -0.2) is 29.2 Å². The summed E-state index contributed by atoms with van der Waals surface area (Å²) in [6, 6.07) is 3.66. The minimum atomic E-state index is -0.108. The van der Waals surface area contributed by atoms with Crippen molar-refractivity contribution >= 4 is 33.7 Å². The van der Waals surface area contributed by atoms with E-state index in [2.05, 4.69) is 20.8 Å². The number of thiophene rings is 1. The summed E-state index contributed by atoms with van der Waals surface area (Å²) in [6.45, 7) is 2.06. The molecule has 1 aliphatic rings. The largest absolute Gasteiger partial charge is 0.317 e. The molecule has 19 heavy (non-hydrogen) atoms. The minimum absolute atomic E-state index is 0.108. The van der Waals surface area contributed by atoms with E-state index in [9.17, 15) is 4.79 Å². The maximum atomic E-state index is 11.9. The van der Waals surface area contributed by atoms with Gasteiger partial charge >= 0.3 is 0 Å². The standard InChI is InChI=1S/C12H14N4OS2/c17-10(9-2-1-7-18-9)14-12-16-15-11(19-12)8-3-5-13-6-4-8/h1-2,7-8,13H,3-6H2,(H,14,16,17). The molecule has 5 nitrogen and oxygen atoms in total. The van der Waals surface area contributed by atoms with Gasteiger partial charge in [0.1, 0.15) is 5.01 Å². The van der Waals surface area contributed by atoms with Gasteiger partial charge in [-0.15, -0.1) is 21.5 Å². The number of rotatable bonds is 3. The number of anilines is 1. The van der Waals surface area contributed by atoms with Crippen LogP contribution < -0.4 is 10.6 Å². The Balaban J connectivity index is 1.66. The number of hydrogen-bond acceptors (Lipinski definition) is 6. The van der Waals surface area contributed by atoms with Crippen LogP contribution in [0.4, 0.5) is 5.13 Å². The van der Waals surface area contributed by atoms with Gasteiger partial charge in [0.25, 0.3) is 5.91 Å².